The fourth-order valence-electron chi connectivity index (χ4n) is 7.49. The van der Waals surface area contributed by atoms with E-state index in [0.29, 0.717) is 18.7 Å². The second-order valence-electron chi connectivity index (χ2n) is 13.7. The predicted molar refractivity (Wildman–Crippen MR) is 200 cm³/mol. The number of fused-ring (bicyclic) bond motifs is 3. The SMILES string of the molecule is CN(C)c1cc(NC(=S)Nc2cc(C(C)(F)F)cc(C(F)(F)I)c2)c(N=O)c2c1C[C@H]1C[C@@]3(N)[C@H](N(C)C)C(=O)C(C(N)=O)=C(O)[C@@]3(O)C(=O)C1=C2O. The number of aliphatic hydroxyl groups is 3. The molecule has 0 aliphatic heterocycles. The van der Waals surface area contributed by atoms with Crippen LogP contribution in [0.4, 0.5) is 40.3 Å². The average Bonchev–Trinajstić information content (AvgIpc) is 3.01. The molecule has 0 radical (unpaired) electrons. The monoisotopic (exact) mass is 875 g/mol. The molecule has 3 aliphatic carbocycles. The number of nitrogens with two attached hydrogens (primary N) is 2. The van der Waals surface area contributed by atoms with Gasteiger partial charge in [-0.25, -0.2) is 8.78 Å². The first-order valence-electron chi connectivity index (χ1n) is 15.6. The number of likely N-dealkylation sites (N-methyl/N-ethyl adjacent to an activating group) is 1. The molecule has 0 spiro atoms. The van der Waals surface area contributed by atoms with Crippen molar-refractivity contribution >= 4 is 85.9 Å². The Hall–Kier alpha value is -4.25. The van der Waals surface area contributed by atoms with Gasteiger partial charge in [-0.3, -0.25) is 19.3 Å². The van der Waals surface area contributed by atoms with E-state index in [1.807, 2.05) is 0 Å². The van der Waals surface area contributed by atoms with Gasteiger partial charge in [0.15, 0.2) is 16.7 Å². The smallest absolute Gasteiger partial charge is 0.321 e. The summed E-state index contributed by atoms with van der Waals surface area (Å²) in [7, 11) is 6.06. The van der Waals surface area contributed by atoms with Crippen molar-refractivity contribution in [1.29, 1.82) is 0 Å². The number of nitroso groups, excluding NO2 is 1. The summed E-state index contributed by atoms with van der Waals surface area (Å²) in [6, 6.07) is 2.36. The third-order valence-corrected chi connectivity index (χ3v) is 10.6. The number of anilines is 3. The van der Waals surface area contributed by atoms with Gasteiger partial charge in [0.05, 0.1) is 22.8 Å². The lowest BCUT2D eigenvalue weighted by Gasteiger charge is -2.56. The first kappa shape index (κ1) is 39.9. The molecule has 1 saturated carbocycles. The number of thiocarbonyl (C=S) groups is 1. The van der Waals surface area contributed by atoms with Crippen LogP contribution in [0.15, 0.2) is 46.3 Å². The van der Waals surface area contributed by atoms with Crippen LogP contribution in [0.25, 0.3) is 5.76 Å². The Kier molecular flexibility index (Phi) is 9.99. The van der Waals surface area contributed by atoms with E-state index in [0.717, 1.165) is 34.7 Å². The van der Waals surface area contributed by atoms with Gasteiger partial charge < -0.3 is 42.3 Å². The van der Waals surface area contributed by atoms with Crippen LogP contribution in [-0.4, -0.2) is 88.2 Å². The second kappa shape index (κ2) is 13.2. The molecule has 4 atom stereocenters. The Morgan fingerprint density at radius 2 is 1.68 bits per heavy atom. The van der Waals surface area contributed by atoms with Gasteiger partial charge in [-0.05, 0) is 80.1 Å². The number of benzene rings is 2. The maximum atomic E-state index is 14.4. The summed E-state index contributed by atoms with van der Waals surface area (Å²) in [5.41, 5.74) is 3.16. The quantitative estimate of drug-likeness (QED) is 0.0494. The van der Waals surface area contributed by atoms with Crippen LogP contribution in [0.3, 0.4) is 0 Å². The Labute approximate surface area is 318 Å². The summed E-state index contributed by atoms with van der Waals surface area (Å²) >= 11 is 6.14. The average molecular weight is 876 g/mol. The number of halogens is 5. The number of rotatable bonds is 8. The number of carbonyl (C=O) groups excluding carboxylic acids is 3. The van der Waals surface area contributed by atoms with Crippen molar-refractivity contribution in [3.63, 3.8) is 0 Å². The largest absolute Gasteiger partial charge is 0.508 e. The van der Waals surface area contributed by atoms with E-state index in [1.54, 1.807) is 19.0 Å². The predicted octanol–water partition coefficient (Wildman–Crippen LogP) is 4.21. The van der Waals surface area contributed by atoms with Crippen molar-refractivity contribution in [1.82, 2.24) is 4.90 Å². The molecule has 9 N–H and O–H groups in total. The van der Waals surface area contributed by atoms with Gasteiger partial charge in [0.1, 0.15) is 17.0 Å². The van der Waals surface area contributed by atoms with Crippen LogP contribution >= 0.6 is 34.8 Å². The lowest BCUT2D eigenvalue weighted by Crippen LogP contribution is -2.80. The normalized spacial score (nSPS) is 24.4. The highest BCUT2D eigenvalue weighted by Crippen LogP contribution is 2.55. The lowest BCUT2D eigenvalue weighted by atomic mass is 9.53. The Morgan fingerprint density at radius 3 is 2.19 bits per heavy atom. The van der Waals surface area contributed by atoms with Crippen molar-refractivity contribution < 1.29 is 47.3 Å². The summed E-state index contributed by atoms with van der Waals surface area (Å²) in [4.78, 5) is 55.6. The van der Waals surface area contributed by atoms with E-state index in [9.17, 15) is 52.2 Å². The minimum Gasteiger partial charge on any atom is -0.508 e. The Morgan fingerprint density at radius 1 is 1.08 bits per heavy atom. The molecule has 3 aliphatic rings. The highest BCUT2D eigenvalue weighted by molar-refractivity contribution is 14.1. The molecule has 1 amide bonds. The third-order valence-electron chi connectivity index (χ3n) is 9.74. The maximum absolute atomic E-state index is 14.4. The topological polar surface area (TPSA) is 224 Å². The number of amides is 1. The number of ketones is 2. The Balaban J connectivity index is 1.66. The highest BCUT2D eigenvalue weighted by atomic mass is 127. The molecule has 20 heteroatoms. The molecule has 284 valence electrons. The maximum Gasteiger partial charge on any atom is 0.321 e. The zero-order valence-corrected chi connectivity index (χ0v) is 31.6. The molecule has 2 aromatic carbocycles. The molecule has 2 aromatic rings. The van der Waals surface area contributed by atoms with Crippen LogP contribution in [0.2, 0.25) is 0 Å². The summed E-state index contributed by atoms with van der Waals surface area (Å²) in [6.45, 7) is 0.535. The van der Waals surface area contributed by atoms with Gasteiger partial charge in [0.25, 0.3) is 11.8 Å². The molecule has 0 heterocycles. The number of hydrogen-bond acceptors (Lipinski definition) is 12. The number of nitrogens with zero attached hydrogens (tertiary/aromatic N) is 3. The number of primary amides is 1. The van der Waals surface area contributed by atoms with E-state index in [2.05, 4.69) is 15.8 Å². The van der Waals surface area contributed by atoms with Crippen LogP contribution in [-0.2, 0) is 30.7 Å². The molecule has 5 rings (SSSR count). The van der Waals surface area contributed by atoms with E-state index in [1.165, 1.54) is 25.1 Å². The van der Waals surface area contributed by atoms with Crippen LogP contribution in [0, 0.1) is 10.8 Å². The van der Waals surface area contributed by atoms with Gasteiger partial charge >= 0.3 is 3.93 Å². The van der Waals surface area contributed by atoms with Crippen LogP contribution in [0.5, 0.6) is 0 Å². The third kappa shape index (κ3) is 6.32. The molecule has 14 nitrogen and oxygen atoms in total. The number of carbonyl (C=O) groups is 3. The van der Waals surface area contributed by atoms with E-state index >= 15 is 0 Å². The standard InChI is InChI=1S/C33H34F4IN7O7S/c1-30(34,35)13-7-14(33(36,37)38)9-15(8-13)41-29(53)42-17-10-18(44(2)3)16-6-12-11-31(40)25(45(4)5)24(47)21(28(39)50)27(49)32(31,51)26(48)19(12)23(46)20(16)22(17)43-52/h7-10,12,25,46,49,51H,6,11,40H2,1-5H3,(H2,39,50)(H2,41,42,53)/t12-,25+,31+,32-/m0/s1. The molecular formula is C33H34F4IN7O7S. The molecular weight excluding hydrogens is 841 g/mol. The van der Waals surface area contributed by atoms with Crippen LogP contribution in [0.1, 0.15) is 35.6 Å². The van der Waals surface area contributed by atoms with Crippen molar-refractivity contribution in [2.45, 2.75) is 46.8 Å². The van der Waals surface area contributed by atoms with Crippen LogP contribution < -0.4 is 27.0 Å². The number of alkyl halides is 5. The van der Waals surface area contributed by atoms with E-state index < -0.39 is 96.3 Å². The minimum absolute atomic E-state index is 0.110. The Bertz CT molecular complexity index is 2030. The zero-order valence-electron chi connectivity index (χ0n) is 28.6. The lowest BCUT2D eigenvalue weighted by molar-refractivity contribution is -0.157. The fraction of sp³-hybridized carbons (Fsp3) is 0.394. The van der Waals surface area contributed by atoms with Crippen molar-refractivity contribution in [3.05, 3.63) is 68.3 Å². The van der Waals surface area contributed by atoms with Gasteiger partial charge in [-0.1, -0.05) is 0 Å². The van der Waals surface area contributed by atoms with E-state index in [-0.39, 0.29) is 34.0 Å². The number of Topliss-reactive ketones (excluding diaryl/α,β-unsaturated/α-hetero) is 2. The molecule has 0 bridgehead atoms. The molecule has 0 unspecified atom stereocenters. The van der Waals surface area contributed by atoms with Crippen molar-refractivity contribution in [3.8, 4) is 0 Å². The highest BCUT2D eigenvalue weighted by Gasteiger charge is 2.71. The van der Waals surface area contributed by atoms with Gasteiger partial charge in [-0.15, -0.1) is 4.91 Å². The zero-order chi connectivity index (χ0) is 39.9. The first-order valence-corrected chi connectivity index (χ1v) is 17.1. The van der Waals surface area contributed by atoms with Crippen molar-refractivity contribution in [2.24, 2.45) is 22.6 Å². The van der Waals surface area contributed by atoms with E-state index in [4.69, 9.17) is 23.7 Å². The molecule has 1 fully saturated rings. The number of aliphatic hydroxyl groups excluding tert-OH is 2. The summed E-state index contributed by atoms with van der Waals surface area (Å²) < 4.78 is 53.4. The van der Waals surface area contributed by atoms with Gasteiger partial charge in [0.2, 0.25) is 11.4 Å². The molecule has 53 heavy (non-hydrogen) atoms. The second-order valence-corrected chi connectivity index (χ2v) is 15.4. The van der Waals surface area contributed by atoms with Gasteiger partial charge in [0, 0.05) is 71.7 Å². The minimum atomic E-state index is -3.52. The first-order chi connectivity index (χ1) is 24.3. The van der Waals surface area contributed by atoms with Gasteiger partial charge in [-0.2, -0.15) is 8.78 Å². The summed E-state index contributed by atoms with van der Waals surface area (Å²) in [5.74, 6) is -10.5. The number of hydrogen-bond donors (Lipinski definition) is 7. The molecule has 0 saturated heterocycles. The number of nitrogens with one attached hydrogen (secondary N) is 2. The fourth-order valence-corrected chi connectivity index (χ4v) is 8.03. The summed E-state index contributed by atoms with van der Waals surface area (Å²) in [6.07, 6.45) is -0.501. The molecule has 0 aromatic heterocycles. The summed E-state index contributed by atoms with van der Waals surface area (Å²) in [5, 5.41) is 43.0. The van der Waals surface area contributed by atoms with Crippen molar-refractivity contribution in [2.75, 3.05) is 43.7 Å².